The first kappa shape index (κ1) is 11.3. The Balaban J connectivity index is 2.15. The van der Waals surface area contributed by atoms with Crippen molar-refractivity contribution in [3.63, 3.8) is 0 Å². The average molecular weight is 201 g/mol. The van der Waals surface area contributed by atoms with E-state index in [0.717, 1.165) is 12.8 Å². The van der Waals surface area contributed by atoms with E-state index in [1.807, 2.05) is 20.8 Å². The molecule has 0 aromatic heterocycles. The van der Waals surface area contributed by atoms with Gasteiger partial charge in [-0.1, -0.05) is 0 Å². The van der Waals surface area contributed by atoms with Gasteiger partial charge in [0.1, 0.15) is 5.60 Å². The van der Waals surface area contributed by atoms with Crippen LogP contribution in [0.15, 0.2) is 0 Å². The second-order valence-electron chi connectivity index (χ2n) is 4.79. The third-order valence-corrected chi connectivity index (χ3v) is 2.28. The zero-order chi connectivity index (χ0) is 10.8. The molecule has 1 amide bonds. The smallest absolute Gasteiger partial charge is 0.407 e. The van der Waals surface area contributed by atoms with Crippen LogP contribution in [0.2, 0.25) is 0 Å². The maximum atomic E-state index is 11.2. The average Bonchev–Trinajstić information content (AvgIpc) is 1.98. The van der Waals surface area contributed by atoms with E-state index in [-0.39, 0.29) is 12.0 Å². The Morgan fingerprint density at radius 1 is 1.50 bits per heavy atom. The number of alkyl carbamates (subject to hydrolysis) is 1. The lowest BCUT2D eigenvalue weighted by Gasteiger charge is -2.32. The van der Waals surface area contributed by atoms with Crippen LogP contribution in [0, 0.1) is 5.92 Å². The van der Waals surface area contributed by atoms with Crippen LogP contribution in [0.25, 0.3) is 0 Å². The molecule has 2 N–H and O–H groups in total. The van der Waals surface area contributed by atoms with Crippen molar-refractivity contribution in [1.82, 2.24) is 5.32 Å². The quantitative estimate of drug-likeness (QED) is 0.707. The summed E-state index contributed by atoms with van der Waals surface area (Å²) in [5, 5.41) is 11.9. The minimum absolute atomic E-state index is 0.211. The van der Waals surface area contributed by atoms with Crippen LogP contribution in [0.4, 0.5) is 4.79 Å². The number of aliphatic hydroxyl groups is 1. The summed E-state index contributed by atoms with van der Waals surface area (Å²) < 4.78 is 5.06. The summed E-state index contributed by atoms with van der Waals surface area (Å²) in [6.45, 7) is 5.98. The minimum Gasteiger partial charge on any atom is -0.444 e. The van der Waals surface area contributed by atoms with Gasteiger partial charge in [0.05, 0.1) is 6.10 Å². The normalized spacial score (nSPS) is 26.6. The molecule has 0 spiro atoms. The number of carbonyl (C=O) groups is 1. The molecule has 0 aromatic carbocycles. The van der Waals surface area contributed by atoms with Crippen molar-refractivity contribution in [3.05, 3.63) is 0 Å². The maximum Gasteiger partial charge on any atom is 0.407 e. The molecule has 0 aromatic rings. The maximum absolute atomic E-state index is 11.2. The zero-order valence-corrected chi connectivity index (χ0v) is 9.04. The second kappa shape index (κ2) is 4.17. The van der Waals surface area contributed by atoms with E-state index >= 15 is 0 Å². The number of nitrogens with one attached hydrogen (secondary N) is 1. The lowest BCUT2D eigenvalue weighted by atomic mass is 9.82. The van der Waals surface area contributed by atoms with Crippen LogP contribution < -0.4 is 5.32 Å². The van der Waals surface area contributed by atoms with Crippen LogP contribution in [-0.4, -0.2) is 29.4 Å². The monoisotopic (exact) mass is 201 g/mol. The number of aliphatic hydroxyl groups excluding tert-OH is 1. The first-order valence-electron chi connectivity index (χ1n) is 5.03. The predicted octanol–water partition coefficient (Wildman–Crippen LogP) is 1.28. The van der Waals surface area contributed by atoms with Crippen molar-refractivity contribution in [2.75, 3.05) is 6.54 Å². The summed E-state index contributed by atoms with van der Waals surface area (Å²) in [6.07, 6.45) is 1.18. The topological polar surface area (TPSA) is 58.6 Å². The van der Waals surface area contributed by atoms with E-state index < -0.39 is 11.7 Å². The van der Waals surface area contributed by atoms with Crippen molar-refractivity contribution < 1.29 is 14.6 Å². The standard InChI is InChI=1S/C10H19NO3/c1-10(2,3)14-9(13)11-6-7-4-5-8(7)12/h7-8,12H,4-6H2,1-3H3,(H,11,13)/t7-,8+/m1/s1. The van der Waals surface area contributed by atoms with Gasteiger partial charge in [-0.05, 0) is 33.6 Å². The van der Waals surface area contributed by atoms with Crippen LogP contribution in [0.5, 0.6) is 0 Å². The van der Waals surface area contributed by atoms with Gasteiger partial charge in [-0.15, -0.1) is 0 Å². The van der Waals surface area contributed by atoms with E-state index in [4.69, 9.17) is 4.74 Å². The predicted molar refractivity (Wildman–Crippen MR) is 53.0 cm³/mol. The van der Waals surface area contributed by atoms with Gasteiger partial charge in [0, 0.05) is 12.5 Å². The van der Waals surface area contributed by atoms with Gasteiger partial charge in [-0.3, -0.25) is 0 Å². The number of ether oxygens (including phenoxy) is 1. The van der Waals surface area contributed by atoms with Crippen LogP contribution in [-0.2, 0) is 4.74 Å². The third-order valence-electron chi connectivity index (χ3n) is 2.28. The molecular weight excluding hydrogens is 182 g/mol. The second-order valence-corrected chi connectivity index (χ2v) is 4.79. The largest absolute Gasteiger partial charge is 0.444 e. The molecule has 14 heavy (non-hydrogen) atoms. The lowest BCUT2D eigenvalue weighted by Crippen LogP contribution is -2.42. The summed E-state index contributed by atoms with van der Waals surface area (Å²) >= 11 is 0. The van der Waals surface area contributed by atoms with E-state index in [0.29, 0.717) is 6.54 Å². The highest BCUT2D eigenvalue weighted by Crippen LogP contribution is 2.26. The molecule has 0 bridgehead atoms. The van der Waals surface area contributed by atoms with Gasteiger partial charge in [0.15, 0.2) is 0 Å². The Hall–Kier alpha value is -0.770. The third kappa shape index (κ3) is 3.54. The molecule has 1 aliphatic rings. The Morgan fingerprint density at radius 3 is 2.50 bits per heavy atom. The highest BCUT2D eigenvalue weighted by molar-refractivity contribution is 5.67. The molecule has 1 rings (SSSR count). The van der Waals surface area contributed by atoms with Crippen molar-refractivity contribution in [2.45, 2.75) is 45.3 Å². The Bertz CT molecular complexity index is 210. The van der Waals surface area contributed by atoms with Gasteiger partial charge >= 0.3 is 6.09 Å². The van der Waals surface area contributed by atoms with Crippen LogP contribution in [0.3, 0.4) is 0 Å². The molecule has 2 atom stereocenters. The van der Waals surface area contributed by atoms with Gasteiger partial charge in [0.25, 0.3) is 0 Å². The molecule has 0 radical (unpaired) electrons. The number of carbonyl (C=O) groups excluding carboxylic acids is 1. The molecule has 4 heteroatoms. The Labute approximate surface area is 84.6 Å². The Kier molecular flexibility index (Phi) is 3.37. The van der Waals surface area contributed by atoms with Gasteiger partial charge in [-0.25, -0.2) is 4.79 Å². The molecule has 0 saturated heterocycles. The van der Waals surface area contributed by atoms with E-state index in [1.165, 1.54) is 0 Å². The molecule has 82 valence electrons. The van der Waals surface area contributed by atoms with Crippen molar-refractivity contribution >= 4 is 6.09 Å². The molecular formula is C10H19NO3. The highest BCUT2D eigenvalue weighted by atomic mass is 16.6. The van der Waals surface area contributed by atoms with Gasteiger partial charge in [0.2, 0.25) is 0 Å². The lowest BCUT2D eigenvalue weighted by molar-refractivity contribution is 0.0183. The fourth-order valence-electron chi connectivity index (χ4n) is 1.32. The highest BCUT2D eigenvalue weighted by Gasteiger charge is 2.29. The fraction of sp³-hybridized carbons (Fsp3) is 0.900. The molecule has 0 unspecified atom stereocenters. The number of amides is 1. The summed E-state index contributed by atoms with van der Waals surface area (Å²) in [5.41, 5.74) is -0.456. The number of hydrogen-bond donors (Lipinski definition) is 2. The molecule has 1 saturated carbocycles. The van der Waals surface area contributed by atoms with E-state index in [2.05, 4.69) is 5.32 Å². The first-order valence-corrected chi connectivity index (χ1v) is 5.03. The van der Waals surface area contributed by atoms with Gasteiger partial charge in [-0.2, -0.15) is 0 Å². The number of rotatable bonds is 2. The number of hydrogen-bond acceptors (Lipinski definition) is 3. The van der Waals surface area contributed by atoms with Crippen molar-refractivity contribution in [1.29, 1.82) is 0 Å². The molecule has 4 nitrogen and oxygen atoms in total. The van der Waals surface area contributed by atoms with Crippen molar-refractivity contribution in [2.24, 2.45) is 5.92 Å². The Morgan fingerprint density at radius 2 is 2.14 bits per heavy atom. The SMILES string of the molecule is CC(C)(C)OC(=O)NC[C@H]1CC[C@@H]1O. The molecule has 0 aliphatic heterocycles. The summed E-state index contributed by atoms with van der Waals surface area (Å²) in [4.78, 5) is 11.2. The summed E-state index contributed by atoms with van der Waals surface area (Å²) in [5.74, 6) is 0.211. The van der Waals surface area contributed by atoms with Crippen LogP contribution in [0.1, 0.15) is 33.6 Å². The van der Waals surface area contributed by atoms with Crippen LogP contribution >= 0.6 is 0 Å². The fourth-order valence-corrected chi connectivity index (χ4v) is 1.32. The summed E-state index contributed by atoms with van der Waals surface area (Å²) in [7, 11) is 0. The van der Waals surface area contributed by atoms with Gasteiger partial charge < -0.3 is 15.2 Å². The van der Waals surface area contributed by atoms with E-state index in [9.17, 15) is 9.90 Å². The zero-order valence-electron chi connectivity index (χ0n) is 9.04. The summed E-state index contributed by atoms with van der Waals surface area (Å²) in [6, 6.07) is 0. The van der Waals surface area contributed by atoms with Crippen molar-refractivity contribution in [3.8, 4) is 0 Å². The molecule has 0 heterocycles. The van der Waals surface area contributed by atoms with E-state index in [1.54, 1.807) is 0 Å². The molecule has 1 aliphatic carbocycles. The minimum atomic E-state index is -0.456. The first-order chi connectivity index (χ1) is 6.38. The molecule has 1 fully saturated rings.